The van der Waals surface area contributed by atoms with Crippen LogP contribution in [0.5, 0.6) is 0 Å². The molecule has 0 N–H and O–H groups in total. The van der Waals surface area contributed by atoms with Crippen molar-refractivity contribution in [1.82, 2.24) is 0 Å². The second-order valence-electron chi connectivity index (χ2n) is 1.16. The second-order valence-corrected chi connectivity index (χ2v) is 4.65. The van der Waals surface area contributed by atoms with Crippen LogP contribution in [0.25, 0.3) is 0 Å². The minimum absolute atomic E-state index is 0.795. The van der Waals surface area contributed by atoms with Gasteiger partial charge in [-0.05, 0) is 11.5 Å². The molecule has 0 aromatic rings. The summed E-state index contributed by atoms with van der Waals surface area (Å²) in [7, 11) is 0. The summed E-state index contributed by atoms with van der Waals surface area (Å²) in [6.45, 7) is -1.03. The molecule has 0 bridgehead atoms. The van der Waals surface area contributed by atoms with Gasteiger partial charge in [0.1, 0.15) is 6.63 Å². The maximum Gasteiger partial charge on any atom is 0.126 e. The second kappa shape index (κ2) is 2.58. The molecule has 1 rings (SSSR count). The molecule has 0 saturated heterocycles. The van der Waals surface area contributed by atoms with Gasteiger partial charge in [0.05, 0.1) is 5.31 Å². The van der Waals surface area contributed by atoms with Gasteiger partial charge >= 0.3 is 0 Å². The van der Waals surface area contributed by atoms with Gasteiger partial charge in [0.15, 0.2) is 0 Å². The first kappa shape index (κ1) is 6.21. The molecule has 0 amide bonds. The van der Waals surface area contributed by atoms with Gasteiger partial charge in [0.2, 0.25) is 0 Å². The molecule has 1 aliphatic carbocycles. The van der Waals surface area contributed by atoms with Crippen LogP contribution in [-0.4, -0.2) is 0 Å². The Balaban J connectivity index is 2.83. The van der Waals surface area contributed by atoms with Crippen molar-refractivity contribution < 1.29 is 0 Å². The highest BCUT2D eigenvalue weighted by atomic mass is 35.9. The Bertz CT molecular complexity index is 223. The highest BCUT2D eigenvalue weighted by Gasteiger charge is 2.03. The zero-order valence-corrected chi connectivity index (χ0v) is 6.19. The average molecular weight is 163 g/mol. The molecule has 0 saturated carbocycles. The molecule has 1 aliphatic rings. The first-order valence-corrected chi connectivity index (χ1v) is 5.04. The van der Waals surface area contributed by atoms with E-state index in [4.69, 9.17) is 22.5 Å². The Kier molecular flexibility index (Phi) is 2.01. The van der Waals surface area contributed by atoms with E-state index in [-0.39, 0.29) is 0 Å². The summed E-state index contributed by atoms with van der Waals surface area (Å²) >= 11 is 11.0. The summed E-state index contributed by atoms with van der Waals surface area (Å²) in [4.78, 5) is 0. The molecule has 0 aromatic heterocycles. The van der Waals surface area contributed by atoms with Crippen molar-refractivity contribution in [3.63, 3.8) is 0 Å². The van der Waals surface area contributed by atoms with E-state index in [1.165, 1.54) is 0 Å². The van der Waals surface area contributed by atoms with Crippen molar-refractivity contribution in [2.24, 2.45) is 0 Å². The summed E-state index contributed by atoms with van der Waals surface area (Å²) < 4.78 is 0. The zero-order valence-electron chi connectivity index (χ0n) is 3.78. The van der Waals surface area contributed by atoms with Crippen LogP contribution < -0.4 is 0 Å². The maximum atomic E-state index is 5.50. The molecule has 0 aliphatic heterocycles. The van der Waals surface area contributed by atoms with Gasteiger partial charge in [-0.2, -0.15) is 0 Å². The van der Waals surface area contributed by atoms with Crippen LogP contribution >= 0.6 is 29.1 Å². The Morgan fingerprint density at radius 3 is 2.50 bits per heavy atom. The van der Waals surface area contributed by atoms with Crippen molar-refractivity contribution in [1.29, 1.82) is 0 Å². The number of hydrogen-bond donors (Lipinski definition) is 0. The highest BCUT2D eigenvalue weighted by molar-refractivity contribution is 8.06. The zero-order chi connectivity index (χ0) is 5.98. The number of halogens is 2. The minimum atomic E-state index is -1.03. The summed E-state index contributed by atoms with van der Waals surface area (Å²) in [5.41, 5.74) is 8.01. The number of allylic oxidation sites excluding steroid dienone is 2. The fourth-order valence-corrected chi connectivity index (χ4v) is 1.18. The van der Waals surface area contributed by atoms with Crippen LogP contribution in [0.2, 0.25) is 0 Å². The lowest BCUT2D eigenvalue weighted by Crippen LogP contribution is -1.53. The molecule has 0 radical (unpaired) electrons. The Morgan fingerprint density at radius 2 is 2.25 bits per heavy atom. The van der Waals surface area contributed by atoms with Crippen LogP contribution in [0.4, 0.5) is 0 Å². The lowest BCUT2D eigenvalue weighted by Gasteiger charge is -1.90. The predicted octanol–water partition coefficient (Wildman–Crippen LogP) is 3.14. The molecule has 0 atom stereocenters. The molecule has 0 heterocycles. The van der Waals surface area contributed by atoms with E-state index in [9.17, 15) is 0 Å². The van der Waals surface area contributed by atoms with Gasteiger partial charge in [0.25, 0.3) is 0 Å². The van der Waals surface area contributed by atoms with E-state index >= 15 is 0 Å². The third-order valence-corrected chi connectivity index (χ3v) is 2.35. The van der Waals surface area contributed by atoms with E-state index in [1.54, 1.807) is 6.08 Å². The van der Waals surface area contributed by atoms with E-state index in [0.717, 1.165) is 5.31 Å². The molecule has 0 nitrogen and oxygen atoms in total. The normalized spacial score (nSPS) is 13.6. The molecule has 0 aromatic carbocycles. The molecule has 40 valence electrons. The van der Waals surface area contributed by atoms with Gasteiger partial charge in [-0.15, -0.1) is 0 Å². The van der Waals surface area contributed by atoms with Crippen molar-refractivity contribution in [2.75, 3.05) is 0 Å². The standard InChI is InChI=1S/C5HCl2P/c6-8(7)5-3-1-2-4-5/h3H. The third kappa shape index (κ3) is 1.28. The number of rotatable bonds is 1. The van der Waals surface area contributed by atoms with E-state index in [2.05, 4.69) is 17.2 Å². The highest BCUT2D eigenvalue weighted by Crippen LogP contribution is 2.54. The maximum absolute atomic E-state index is 5.50. The quantitative estimate of drug-likeness (QED) is 0.411. The lowest BCUT2D eigenvalue weighted by atomic mass is 10.6. The average Bonchev–Trinajstić information content (AvgIpc) is 2.12. The van der Waals surface area contributed by atoms with Crippen LogP contribution in [0.1, 0.15) is 0 Å². The van der Waals surface area contributed by atoms with Gasteiger partial charge in [-0.3, -0.25) is 0 Å². The monoisotopic (exact) mass is 162 g/mol. The Labute approximate surface area is 58.1 Å². The van der Waals surface area contributed by atoms with Crippen molar-refractivity contribution in [2.45, 2.75) is 0 Å². The van der Waals surface area contributed by atoms with E-state index < -0.39 is 6.63 Å². The van der Waals surface area contributed by atoms with Crippen molar-refractivity contribution in [3.05, 3.63) is 28.6 Å². The van der Waals surface area contributed by atoms with Crippen LogP contribution in [0.3, 0.4) is 0 Å². The van der Waals surface area contributed by atoms with E-state index in [0.29, 0.717) is 0 Å². The van der Waals surface area contributed by atoms with Gasteiger partial charge in [0, 0.05) is 6.08 Å². The predicted molar refractivity (Wildman–Crippen MR) is 37.2 cm³/mol. The van der Waals surface area contributed by atoms with Crippen LogP contribution in [-0.2, 0) is 0 Å². The van der Waals surface area contributed by atoms with Crippen LogP contribution in [0.15, 0.2) is 28.6 Å². The molecule has 8 heavy (non-hydrogen) atoms. The molecule has 0 unspecified atom stereocenters. The van der Waals surface area contributed by atoms with Crippen LogP contribution in [0, 0.1) is 0 Å². The molecule has 3 heteroatoms. The van der Waals surface area contributed by atoms with Crippen molar-refractivity contribution in [3.8, 4) is 0 Å². The summed E-state index contributed by atoms with van der Waals surface area (Å²) in [5.74, 6) is 0. The molecular formula is C5HCl2P. The van der Waals surface area contributed by atoms with Gasteiger partial charge < -0.3 is 0 Å². The van der Waals surface area contributed by atoms with Crippen molar-refractivity contribution >= 4 is 29.1 Å². The largest absolute Gasteiger partial charge is 0.126 e. The lowest BCUT2D eigenvalue weighted by molar-refractivity contribution is 2.05. The first-order chi connectivity index (χ1) is 3.80. The van der Waals surface area contributed by atoms with Gasteiger partial charge in [-0.25, -0.2) is 0 Å². The molecule has 0 fully saturated rings. The Hall–Kier alpha value is 0.0900. The van der Waals surface area contributed by atoms with Gasteiger partial charge in [-0.1, -0.05) is 28.2 Å². The topological polar surface area (TPSA) is 0 Å². The third-order valence-electron chi connectivity index (χ3n) is 0.654. The molecule has 0 spiro atoms. The summed E-state index contributed by atoms with van der Waals surface area (Å²) in [5, 5.41) is 0.795. The minimum Gasteiger partial charge on any atom is -0.0720 e. The smallest absolute Gasteiger partial charge is 0.0720 e. The summed E-state index contributed by atoms with van der Waals surface area (Å²) in [6.07, 6.45) is 1.69. The first-order valence-electron chi connectivity index (χ1n) is 1.89. The molecular weight excluding hydrogens is 162 g/mol. The Morgan fingerprint density at radius 1 is 1.50 bits per heavy atom. The number of hydrogen-bond acceptors (Lipinski definition) is 0. The SMILES string of the molecule is ClP(Cl)C1=C=C=C=C1. The fraction of sp³-hybridized carbons (Fsp3) is 0. The fourth-order valence-electron chi connectivity index (χ4n) is 0.332. The van der Waals surface area contributed by atoms with E-state index in [1.807, 2.05) is 0 Å². The summed E-state index contributed by atoms with van der Waals surface area (Å²) in [6, 6.07) is 0.